The van der Waals surface area contributed by atoms with E-state index < -0.39 is 11.6 Å². The van der Waals surface area contributed by atoms with Crippen LogP contribution in [0.5, 0.6) is 0 Å². The van der Waals surface area contributed by atoms with Crippen molar-refractivity contribution in [2.45, 2.75) is 55.6 Å². The summed E-state index contributed by atoms with van der Waals surface area (Å²) in [6.45, 7) is 7.23. The van der Waals surface area contributed by atoms with E-state index in [1.807, 2.05) is 11.8 Å². The van der Waals surface area contributed by atoms with Crippen molar-refractivity contribution in [3.63, 3.8) is 0 Å². The minimum atomic E-state index is -0.710. The molecule has 0 spiro atoms. The first-order valence-electron chi connectivity index (χ1n) is 7.21. The molecule has 0 aromatic rings. The molecule has 1 heterocycles. The molecule has 19 heavy (non-hydrogen) atoms. The van der Waals surface area contributed by atoms with Gasteiger partial charge in [-0.05, 0) is 25.7 Å². The van der Waals surface area contributed by atoms with Gasteiger partial charge in [-0.15, -0.1) is 0 Å². The van der Waals surface area contributed by atoms with Gasteiger partial charge in [-0.2, -0.15) is 11.8 Å². The molecule has 0 amide bonds. The zero-order valence-corrected chi connectivity index (χ0v) is 12.7. The lowest BCUT2D eigenvalue weighted by Gasteiger charge is -2.42. The summed E-state index contributed by atoms with van der Waals surface area (Å²) in [7, 11) is 0. The Morgan fingerprint density at radius 1 is 1.26 bits per heavy atom. The van der Waals surface area contributed by atoms with E-state index in [0.29, 0.717) is 42.7 Å². The Labute approximate surface area is 119 Å². The summed E-state index contributed by atoms with van der Waals surface area (Å²) in [6.07, 6.45) is 2.46. The maximum atomic E-state index is 10.9. The maximum absolute atomic E-state index is 10.9. The van der Waals surface area contributed by atoms with Crippen molar-refractivity contribution in [1.29, 1.82) is 0 Å². The molecule has 0 aromatic heterocycles. The van der Waals surface area contributed by atoms with Crippen molar-refractivity contribution in [1.82, 2.24) is 4.90 Å². The molecular formula is C14H25NO3S. The Balaban J connectivity index is 1.86. The molecule has 1 aliphatic heterocycles. The van der Waals surface area contributed by atoms with Gasteiger partial charge >= 0.3 is 5.97 Å². The molecule has 1 saturated carbocycles. The fourth-order valence-electron chi connectivity index (χ4n) is 3.39. The molecular weight excluding hydrogens is 262 g/mol. The standard InChI is InChI=1S/C14H25NO3S/c1-10-7-15(8-11(2)19-10)9-14(18)5-3-12(4-6-14)13(16)17/h10-12,18H,3-9H2,1-2H3,(H,16,17). The normalized spacial score (nSPS) is 41.1. The summed E-state index contributed by atoms with van der Waals surface area (Å²) in [4.78, 5) is 13.3. The van der Waals surface area contributed by atoms with Gasteiger partial charge in [-0.25, -0.2) is 0 Å². The molecule has 2 N–H and O–H groups in total. The van der Waals surface area contributed by atoms with E-state index >= 15 is 0 Å². The van der Waals surface area contributed by atoms with Crippen molar-refractivity contribution >= 4 is 17.7 Å². The largest absolute Gasteiger partial charge is 0.481 e. The molecule has 0 aromatic carbocycles. The summed E-state index contributed by atoms with van der Waals surface area (Å²) >= 11 is 2.01. The van der Waals surface area contributed by atoms with Crippen LogP contribution in [0.2, 0.25) is 0 Å². The van der Waals surface area contributed by atoms with Gasteiger partial charge in [0.15, 0.2) is 0 Å². The number of β-amino-alcohol motifs (C(OH)–C–C–N with tert-alkyl or cyclic N) is 1. The van der Waals surface area contributed by atoms with E-state index in [0.717, 1.165) is 13.1 Å². The number of thioether (sulfide) groups is 1. The monoisotopic (exact) mass is 287 g/mol. The van der Waals surface area contributed by atoms with Crippen molar-refractivity contribution in [2.75, 3.05) is 19.6 Å². The predicted molar refractivity (Wildman–Crippen MR) is 77.5 cm³/mol. The predicted octanol–water partition coefficient (Wildman–Crippen LogP) is 1.82. The first kappa shape index (κ1) is 15.1. The lowest BCUT2D eigenvalue weighted by atomic mass is 9.78. The minimum absolute atomic E-state index is 0.255. The number of hydrogen-bond acceptors (Lipinski definition) is 4. The van der Waals surface area contributed by atoms with E-state index in [9.17, 15) is 9.90 Å². The van der Waals surface area contributed by atoms with Crippen LogP contribution in [0.4, 0.5) is 0 Å². The van der Waals surface area contributed by atoms with Gasteiger partial charge in [0.1, 0.15) is 0 Å². The average molecular weight is 287 g/mol. The molecule has 2 atom stereocenters. The first-order valence-corrected chi connectivity index (χ1v) is 8.15. The number of nitrogens with zero attached hydrogens (tertiary/aromatic N) is 1. The lowest BCUT2D eigenvalue weighted by molar-refractivity contribution is -0.145. The third-order valence-electron chi connectivity index (χ3n) is 4.28. The third-order valence-corrected chi connectivity index (χ3v) is 5.51. The Kier molecular flexibility index (Phi) is 4.79. The number of hydrogen-bond donors (Lipinski definition) is 2. The maximum Gasteiger partial charge on any atom is 0.306 e. The van der Waals surface area contributed by atoms with Gasteiger partial charge in [0.05, 0.1) is 11.5 Å². The number of carbonyl (C=O) groups is 1. The Morgan fingerprint density at radius 2 is 1.79 bits per heavy atom. The fourth-order valence-corrected chi connectivity index (χ4v) is 4.78. The molecule has 5 heteroatoms. The molecule has 4 nitrogen and oxygen atoms in total. The SMILES string of the molecule is CC1CN(CC2(O)CCC(C(=O)O)CC2)CC(C)S1. The molecule has 110 valence electrons. The molecule has 2 unspecified atom stereocenters. The van der Waals surface area contributed by atoms with Crippen LogP contribution in [0.1, 0.15) is 39.5 Å². The first-order chi connectivity index (χ1) is 8.88. The number of carboxylic acid groups (broad SMARTS) is 1. The molecule has 2 aliphatic rings. The van der Waals surface area contributed by atoms with E-state index in [2.05, 4.69) is 18.7 Å². The van der Waals surface area contributed by atoms with Crippen LogP contribution in [0.25, 0.3) is 0 Å². The quantitative estimate of drug-likeness (QED) is 0.829. The summed E-state index contributed by atoms with van der Waals surface area (Å²) in [5.74, 6) is -0.964. The number of aliphatic carboxylic acids is 1. The van der Waals surface area contributed by atoms with Crippen LogP contribution in [0.15, 0.2) is 0 Å². The van der Waals surface area contributed by atoms with Crippen molar-refractivity contribution in [3.8, 4) is 0 Å². The molecule has 1 aliphatic carbocycles. The molecule has 1 saturated heterocycles. The third kappa shape index (κ3) is 4.10. The van der Waals surface area contributed by atoms with Crippen molar-refractivity contribution in [2.24, 2.45) is 5.92 Å². The average Bonchev–Trinajstić information content (AvgIpc) is 2.27. The zero-order valence-electron chi connectivity index (χ0n) is 11.8. The summed E-state index contributed by atoms with van der Waals surface area (Å²) in [5.41, 5.74) is -0.673. The summed E-state index contributed by atoms with van der Waals surface area (Å²) in [6, 6.07) is 0. The van der Waals surface area contributed by atoms with Crippen LogP contribution in [0, 0.1) is 5.92 Å². The van der Waals surface area contributed by atoms with E-state index in [4.69, 9.17) is 5.11 Å². The van der Waals surface area contributed by atoms with Gasteiger partial charge in [-0.1, -0.05) is 13.8 Å². The van der Waals surface area contributed by atoms with Crippen LogP contribution >= 0.6 is 11.8 Å². The van der Waals surface area contributed by atoms with Crippen molar-refractivity contribution < 1.29 is 15.0 Å². The van der Waals surface area contributed by atoms with Crippen LogP contribution in [-0.2, 0) is 4.79 Å². The number of rotatable bonds is 3. The summed E-state index contributed by atoms with van der Waals surface area (Å²) in [5, 5.41) is 20.9. The highest BCUT2D eigenvalue weighted by Gasteiger charge is 2.38. The van der Waals surface area contributed by atoms with E-state index in [-0.39, 0.29) is 5.92 Å². The van der Waals surface area contributed by atoms with Gasteiger partial charge in [0.2, 0.25) is 0 Å². The Hall–Kier alpha value is -0.260. The van der Waals surface area contributed by atoms with Gasteiger partial charge in [0, 0.05) is 30.1 Å². The minimum Gasteiger partial charge on any atom is -0.481 e. The lowest BCUT2D eigenvalue weighted by Crippen LogP contribution is -2.50. The molecule has 0 bridgehead atoms. The van der Waals surface area contributed by atoms with Crippen LogP contribution in [0.3, 0.4) is 0 Å². The smallest absolute Gasteiger partial charge is 0.306 e. The highest BCUT2D eigenvalue weighted by Crippen LogP contribution is 2.34. The number of carboxylic acids is 1. The van der Waals surface area contributed by atoms with Gasteiger partial charge < -0.3 is 10.2 Å². The van der Waals surface area contributed by atoms with Crippen LogP contribution < -0.4 is 0 Å². The fraction of sp³-hybridized carbons (Fsp3) is 0.929. The van der Waals surface area contributed by atoms with Gasteiger partial charge in [-0.3, -0.25) is 9.69 Å². The summed E-state index contributed by atoms with van der Waals surface area (Å²) < 4.78 is 0. The highest BCUT2D eigenvalue weighted by atomic mass is 32.2. The van der Waals surface area contributed by atoms with E-state index in [1.54, 1.807) is 0 Å². The van der Waals surface area contributed by atoms with E-state index in [1.165, 1.54) is 0 Å². The van der Waals surface area contributed by atoms with Gasteiger partial charge in [0.25, 0.3) is 0 Å². The van der Waals surface area contributed by atoms with Crippen LogP contribution in [-0.4, -0.2) is 56.8 Å². The second-order valence-corrected chi connectivity index (χ2v) is 8.17. The highest BCUT2D eigenvalue weighted by molar-refractivity contribution is 8.00. The number of aliphatic hydroxyl groups is 1. The Morgan fingerprint density at radius 3 is 2.26 bits per heavy atom. The molecule has 0 radical (unpaired) electrons. The molecule has 2 rings (SSSR count). The Bertz CT molecular complexity index is 319. The molecule has 2 fully saturated rings. The topological polar surface area (TPSA) is 60.8 Å². The second-order valence-electron chi connectivity index (χ2n) is 6.29. The second kappa shape index (κ2) is 6.02. The zero-order chi connectivity index (χ0) is 14.0. The van der Waals surface area contributed by atoms with Crippen molar-refractivity contribution in [3.05, 3.63) is 0 Å².